The van der Waals surface area contributed by atoms with Crippen LogP contribution >= 0.6 is 11.6 Å². The van der Waals surface area contributed by atoms with E-state index in [-0.39, 0.29) is 11.8 Å². The van der Waals surface area contributed by atoms with Gasteiger partial charge in [-0.3, -0.25) is 14.3 Å². The predicted molar refractivity (Wildman–Crippen MR) is 135 cm³/mol. The number of benzene rings is 2. The molecular weight excluding hydrogens is 468 g/mol. The van der Waals surface area contributed by atoms with E-state index < -0.39 is 0 Å². The highest BCUT2D eigenvalue weighted by molar-refractivity contribution is 6.30. The molecule has 1 fully saturated rings. The summed E-state index contributed by atoms with van der Waals surface area (Å²) < 4.78 is 12.8. The van der Waals surface area contributed by atoms with E-state index in [9.17, 15) is 9.59 Å². The Balaban J connectivity index is 1.39. The molecule has 3 aromatic rings. The number of aromatic nitrogens is 2. The van der Waals surface area contributed by atoms with Crippen LogP contribution in [0, 0.1) is 5.92 Å². The van der Waals surface area contributed by atoms with E-state index >= 15 is 0 Å². The number of fused-ring (bicyclic) bond motifs is 1. The molecule has 0 unspecified atom stereocenters. The van der Waals surface area contributed by atoms with Crippen molar-refractivity contribution < 1.29 is 19.1 Å². The molecule has 0 spiro atoms. The summed E-state index contributed by atoms with van der Waals surface area (Å²) in [7, 11) is 1.57. The van der Waals surface area contributed by atoms with E-state index in [2.05, 4.69) is 5.32 Å². The zero-order chi connectivity index (χ0) is 24.8. The topological polar surface area (TPSA) is 85.7 Å². The summed E-state index contributed by atoms with van der Waals surface area (Å²) in [5.41, 5.74) is 1.92. The number of nitrogens with zero attached hydrogens (tertiary/aromatic N) is 3. The minimum Gasteiger partial charge on any atom is -0.495 e. The average Bonchev–Trinajstić information content (AvgIpc) is 3.29. The largest absolute Gasteiger partial charge is 0.495 e. The van der Waals surface area contributed by atoms with Crippen molar-refractivity contribution >= 4 is 34.3 Å². The molecule has 0 saturated carbocycles. The molecule has 2 heterocycles. The van der Waals surface area contributed by atoms with E-state index in [1.54, 1.807) is 37.4 Å². The Morgan fingerprint density at radius 1 is 1.14 bits per heavy atom. The molecule has 8 nitrogen and oxygen atoms in total. The van der Waals surface area contributed by atoms with Gasteiger partial charge in [-0.05, 0) is 62.1 Å². The molecule has 0 aliphatic carbocycles. The first kappa shape index (κ1) is 25.0. The van der Waals surface area contributed by atoms with E-state index in [0.29, 0.717) is 60.7 Å². The number of hydrogen-bond donors (Lipinski definition) is 1. The number of nitrogens with one attached hydrogen (secondary N) is 1. The number of carbonyl (C=O) groups is 2. The average molecular weight is 499 g/mol. The van der Waals surface area contributed by atoms with Gasteiger partial charge in [0.05, 0.1) is 30.2 Å². The fraction of sp³-hybridized carbons (Fsp3) is 0.423. The zero-order valence-electron chi connectivity index (χ0n) is 20.1. The van der Waals surface area contributed by atoms with Gasteiger partial charge in [-0.2, -0.15) is 5.10 Å². The van der Waals surface area contributed by atoms with Crippen LogP contribution in [0.25, 0.3) is 10.9 Å². The van der Waals surface area contributed by atoms with Crippen LogP contribution in [-0.2, 0) is 11.3 Å². The molecule has 1 aliphatic rings. The molecule has 4 rings (SSSR count). The van der Waals surface area contributed by atoms with Crippen molar-refractivity contribution in [3.8, 4) is 5.75 Å². The highest BCUT2D eigenvalue weighted by Gasteiger charge is 2.25. The molecule has 0 atom stereocenters. The van der Waals surface area contributed by atoms with Crippen molar-refractivity contribution in [1.29, 1.82) is 0 Å². The highest BCUT2D eigenvalue weighted by Crippen LogP contribution is 2.30. The van der Waals surface area contributed by atoms with Crippen LogP contribution in [0.3, 0.4) is 0 Å². The zero-order valence-corrected chi connectivity index (χ0v) is 20.9. The van der Waals surface area contributed by atoms with Gasteiger partial charge in [-0.1, -0.05) is 11.6 Å². The molecular formula is C26H31ClN4O4. The fourth-order valence-electron chi connectivity index (χ4n) is 4.44. The Bertz CT molecular complexity index is 1170. The van der Waals surface area contributed by atoms with Crippen molar-refractivity contribution in [3.05, 3.63) is 58.7 Å². The molecule has 1 aromatic heterocycles. The van der Waals surface area contributed by atoms with Gasteiger partial charge in [0.1, 0.15) is 5.75 Å². The van der Waals surface area contributed by atoms with Gasteiger partial charge in [0.15, 0.2) is 0 Å². The van der Waals surface area contributed by atoms with Gasteiger partial charge >= 0.3 is 0 Å². The second kappa shape index (κ2) is 11.6. The number of rotatable bonds is 9. The quantitative estimate of drug-likeness (QED) is 0.450. The molecule has 2 aromatic carbocycles. The van der Waals surface area contributed by atoms with E-state index in [4.69, 9.17) is 26.2 Å². The van der Waals surface area contributed by atoms with Gasteiger partial charge in [-0.15, -0.1) is 0 Å². The lowest BCUT2D eigenvalue weighted by Crippen LogP contribution is -2.39. The van der Waals surface area contributed by atoms with E-state index in [1.165, 1.54) is 0 Å². The first-order chi connectivity index (χ1) is 17.0. The third-order valence-corrected chi connectivity index (χ3v) is 6.56. The van der Waals surface area contributed by atoms with E-state index in [0.717, 1.165) is 30.3 Å². The summed E-state index contributed by atoms with van der Waals surface area (Å²) in [5.74, 6) is 0.771. The first-order valence-electron chi connectivity index (χ1n) is 11.9. The van der Waals surface area contributed by atoms with Gasteiger partial charge < -0.3 is 19.7 Å². The Hall–Kier alpha value is -3.10. The van der Waals surface area contributed by atoms with Crippen LogP contribution < -0.4 is 10.1 Å². The van der Waals surface area contributed by atoms with Crippen LogP contribution in [-0.4, -0.2) is 66.5 Å². The minimum absolute atomic E-state index is 0.0433. The second-order valence-corrected chi connectivity index (χ2v) is 9.06. The van der Waals surface area contributed by atoms with Crippen molar-refractivity contribution in [1.82, 2.24) is 20.0 Å². The summed E-state index contributed by atoms with van der Waals surface area (Å²) in [5, 5.41) is 9.00. The number of piperidine rings is 1. The fourth-order valence-corrected chi connectivity index (χ4v) is 4.57. The third kappa shape index (κ3) is 5.94. The lowest BCUT2D eigenvalue weighted by Gasteiger charge is -2.32. The maximum Gasteiger partial charge on any atom is 0.255 e. The maximum atomic E-state index is 12.8. The molecule has 9 heteroatoms. The number of ether oxygens (including phenoxy) is 2. The van der Waals surface area contributed by atoms with Crippen LogP contribution in [0.15, 0.2) is 42.6 Å². The number of carbonyl (C=O) groups excluding carboxylic acids is 2. The van der Waals surface area contributed by atoms with E-state index in [1.807, 2.05) is 28.8 Å². The summed E-state index contributed by atoms with van der Waals surface area (Å²) in [6.07, 6.45) is 3.75. The highest BCUT2D eigenvalue weighted by atomic mass is 35.5. The number of hydrogen-bond acceptors (Lipinski definition) is 5. The first-order valence-corrected chi connectivity index (χ1v) is 12.3. The molecule has 35 heavy (non-hydrogen) atoms. The van der Waals surface area contributed by atoms with Crippen molar-refractivity contribution in [2.75, 3.05) is 40.0 Å². The van der Waals surface area contributed by atoms with Crippen LogP contribution in [0.2, 0.25) is 5.02 Å². The Morgan fingerprint density at radius 3 is 2.57 bits per heavy atom. The monoisotopic (exact) mass is 498 g/mol. The molecule has 1 N–H and O–H groups in total. The van der Waals surface area contributed by atoms with Gasteiger partial charge in [0, 0.05) is 49.6 Å². The summed E-state index contributed by atoms with van der Waals surface area (Å²) in [4.78, 5) is 27.3. The standard InChI is InChI=1S/C26H31ClN4O4/c1-3-35-15-12-28-25(32)21-8-9-23-22(24(21)34-2)17-31(29-23)16-18-10-13-30(14-11-18)26(33)19-4-6-20(27)7-5-19/h4-9,17-18H,3,10-16H2,1-2H3,(H,28,32). The van der Waals surface area contributed by atoms with Crippen molar-refractivity contribution in [2.24, 2.45) is 5.92 Å². The summed E-state index contributed by atoms with van der Waals surface area (Å²) in [6, 6.07) is 10.6. The minimum atomic E-state index is -0.200. The predicted octanol–water partition coefficient (Wildman–Crippen LogP) is 4.02. The lowest BCUT2D eigenvalue weighted by molar-refractivity contribution is 0.0681. The molecule has 1 aliphatic heterocycles. The Labute approximate surface area is 210 Å². The number of amides is 2. The van der Waals surface area contributed by atoms with Crippen LogP contribution in [0.5, 0.6) is 5.75 Å². The number of halogens is 1. The van der Waals surface area contributed by atoms with Crippen LogP contribution in [0.4, 0.5) is 0 Å². The Kier molecular flexibility index (Phi) is 8.25. The number of methoxy groups -OCH3 is 1. The SMILES string of the molecule is CCOCCNC(=O)c1ccc2nn(CC3CCN(C(=O)c4ccc(Cl)cc4)CC3)cc2c1OC. The number of likely N-dealkylation sites (tertiary alicyclic amines) is 1. The van der Waals surface area contributed by atoms with Crippen molar-refractivity contribution in [3.63, 3.8) is 0 Å². The Morgan fingerprint density at radius 2 is 1.89 bits per heavy atom. The normalized spacial score (nSPS) is 14.3. The van der Waals surface area contributed by atoms with Gasteiger partial charge in [0.25, 0.3) is 11.8 Å². The molecule has 0 bridgehead atoms. The summed E-state index contributed by atoms with van der Waals surface area (Å²) >= 11 is 5.94. The molecule has 2 amide bonds. The van der Waals surface area contributed by atoms with Gasteiger partial charge in [-0.25, -0.2) is 0 Å². The second-order valence-electron chi connectivity index (χ2n) is 8.63. The molecule has 0 radical (unpaired) electrons. The summed E-state index contributed by atoms with van der Waals surface area (Å²) in [6.45, 7) is 5.60. The van der Waals surface area contributed by atoms with Crippen LogP contribution in [0.1, 0.15) is 40.5 Å². The van der Waals surface area contributed by atoms with Gasteiger partial charge in [0.2, 0.25) is 0 Å². The lowest BCUT2D eigenvalue weighted by atomic mass is 9.96. The van der Waals surface area contributed by atoms with Crippen molar-refractivity contribution in [2.45, 2.75) is 26.3 Å². The third-order valence-electron chi connectivity index (χ3n) is 6.31. The maximum absolute atomic E-state index is 12.8. The molecule has 186 valence electrons. The molecule has 1 saturated heterocycles. The smallest absolute Gasteiger partial charge is 0.255 e.